The van der Waals surface area contributed by atoms with Crippen LogP contribution in [0.4, 0.5) is 4.79 Å². The monoisotopic (exact) mass is 374 g/mol. The Morgan fingerprint density at radius 1 is 0.750 bits per heavy atom. The molecule has 0 bridgehead atoms. The molecule has 142 valence electrons. The van der Waals surface area contributed by atoms with Crippen molar-refractivity contribution >= 4 is 11.9 Å². The van der Waals surface area contributed by atoms with Crippen LogP contribution in [0.5, 0.6) is 0 Å². The number of primary amides is 1. The minimum absolute atomic E-state index is 0.106. The van der Waals surface area contributed by atoms with E-state index in [1.807, 2.05) is 72.0 Å². The zero-order valence-corrected chi connectivity index (χ0v) is 15.5. The summed E-state index contributed by atoms with van der Waals surface area (Å²) in [6.07, 6.45) is 0. The summed E-state index contributed by atoms with van der Waals surface area (Å²) in [5.41, 5.74) is 8.33. The van der Waals surface area contributed by atoms with E-state index in [0.29, 0.717) is 6.54 Å². The van der Waals surface area contributed by atoms with Gasteiger partial charge < -0.3 is 11.1 Å². The lowest BCUT2D eigenvalue weighted by atomic mass is 9.90. The molecule has 0 radical (unpaired) electrons. The molecule has 0 aliphatic carbocycles. The number of hydrogen-bond donors (Lipinski definition) is 3. The molecule has 0 spiro atoms. The smallest absolute Gasteiger partial charge is 0.319 e. The summed E-state index contributed by atoms with van der Waals surface area (Å²) < 4.78 is 0. The Morgan fingerprint density at radius 3 is 1.61 bits per heavy atom. The van der Waals surface area contributed by atoms with Gasteiger partial charge in [0, 0.05) is 5.56 Å². The van der Waals surface area contributed by atoms with Crippen molar-refractivity contribution in [2.24, 2.45) is 5.73 Å². The third-order valence-corrected chi connectivity index (χ3v) is 4.70. The fourth-order valence-corrected chi connectivity index (χ4v) is 3.36. The number of hydrogen-bond acceptors (Lipinski definition) is 2. The van der Waals surface area contributed by atoms with Gasteiger partial charge in [-0.1, -0.05) is 91.0 Å². The highest BCUT2D eigenvalue weighted by Gasteiger charge is 2.27. The van der Waals surface area contributed by atoms with E-state index in [1.54, 1.807) is 0 Å². The highest BCUT2D eigenvalue weighted by atomic mass is 16.2. The molecule has 28 heavy (non-hydrogen) atoms. The van der Waals surface area contributed by atoms with Gasteiger partial charge in [0.15, 0.2) is 6.04 Å². The van der Waals surface area contributed by atoms with Gasteiger partial charge in [-0.05, 0) is 11.1 Å². The minimum atomic E-state index is -0.845. The predicted molar refractivity (Wildman–Crippen MR) is 108 cm³/mol. The Morgan fingerprint density at radius 2 is 1.18 bits per heavy atom. The van der Waals surface area contributed by atoms with Crippen LogP contribution in [0, 0.1) is 0 Å². The van der Waals surface area contributed by atoms with Crippen LogP contribution in [0.1, 0.15) is 28.7 Å². The molecule has 0 heterocycles. The van der Waals surface area contributed by atoms with E-state index < -0.39 is 18.0 Å². The second-order valence-electron chi connectivity index (χ2n) is 6.59. The van der Waals surface area contributed by atoms with Crippen molar-refractivity contribution in [2.75, 3.05) is 6.54 Å². The van der Waals surface area contributed by atoms with Gasteiger partial charge in [0.2, 0.25) is 0 Å². The lowest BCUT2D eigenvalue weighted by molar-refractivity contribution is -0.684. The molecule has 5 nitrogen and oxygen atoms in total. The van der Waals surface area contributed by atoms with E-state index in [2.05, 4.69) is 29.6 Å². The first-order chi connectivity index (χ1) is 13.6. The molecule has 0 fully saturated rings. The van der Waals surface area contributed by atoms with Crippen LogP contribution in [0.15, 0.2) is 91.0 Å². The van der Waals surface area contributed by atoms with E-state index in [4.69, 9.17) is 5.73 Å². The topological polar surface area (TPSA) is 88.8 Å². The van der Waals surface area contributed by atoms with Crippen LogP contribution < -0.4 is 16.4 Å². The van der Waals surface area contributed by atoms with E-state index in [0.717, 1.165) is 5.56 Å². The molecule has 5 heteroatoms. The van der Waals surface area contributed by atoms with Crippen molar-refractivity contribution in [1.29, 1.82) is 0 Å². The second kappa shape index (κ2) is 9.48. The zero-order valence-electron chi connectivity index (χ0n) is 15.5. The average Bonchev–Trinajstić information content (AvgIpc) is 2.72. The maximum atomic E-state index is 12.6. The molecule has 3 aromatic carbocycles. The van der Waals surface area contributed by atoms with Gasteiger partial charge >= 0.3 is 6.03 Å². The fraction of sp³-hybridized carbons (Fsp3) is 0.130. The lowest BCUT2D eigenvalue weighted by Gasteiger charge is -2.21. The number of quaternary nitrogens is 1. The van der Waals surface area contributed by atoms with Crippen LogP contribution >= 0.6 is 0 Å². The number of rotatable bonds is 7. The molecule has 0 saturated carbocycles. The Kier molecular flexibility index (Phi) is 6.54. The average molecular weight is 374 g/mol. The molecule has 0 aliphatic rings. The van der Waals surface area contributed by atoms with Crippen molar-refractivity contribution in [3.8, 4) is 0 Å². The summed E-state index contributed by atoms with van der Waals surface area (Å²) in [6.45, 7) is 0.639. The number of nitrogens with one attached hydrogen (secondary N) is 1. The Hall–Kier alpha value is -3.44. The van der Waals surface area contributed by atoms with Crippen LogP contribution in [-0.4, -0.2) is 18.5 Å². The van der Waals surface area contributed by atoms with E-state index in [1.165, 1.54) is 11.1 Å². The number of imide groups is 1. The summed E-state index contributed by atoms with van der Waals surface area (Å²) in [4.78, 5) is 23.8. The zero-order chi connectivity index (χ0) is 19.8. The largest absolute Gasteiger partial charge is 0.351 e. The second-order valence-corrected chi connectivity index (χ2v) is 6.59. The third-order valence-electron chi connectivity index (χ3n) is 4.70. The summed E-state index contributed by atoms with van der Waals surface area (Å²) >= 11 is 0. The van der Waals surface area contributed by atoms with Gasteiger partial charge in [-0.25, -0.2) is 4.79 Å². The number of urea groups is 1. The van der Waals surface area contributed by atoms with Crippen LogP contribution in [0.25, 0.3) is 0 Å². The normalized spacial score (nSPS) is 11.8. The minimum Gasteiger partial charge on any atom is -0.351 e. The van der Waals surface area contributed by atoms with Crippen LogP contribution in [-0.2, 0) is 4.79 Å². The Balaban J connectivity index is 1.86. The van der Waals surface area contributed by atoms with Crippen molar-refractivity contribution < 1.29 is 14.9 Å². The molecule has 0 aliphatic heterocycles. The fourth-order valence-electron chi connectivity index (χ4n) is 3.36. The third kappa shape index (κ3) is 5.05. The highest BCUT2D eigenvalue weighted by molar-refractivity contribution is 5.96. The van der Waals surface area contributed by atoms with Crippen LogP contribution in [0.2, 0.25) is 0 Å². The van der Waals surface area contributed by atoms with Gasteiger partial charge in [0.25, 0.3) is 5.91 Å². The van der Waals surface area contributed by atoms with Crippen molar-refractivity contribution in [1.82, 2.24) is 5.32 Å². The lowest BCUT2D eigenvalue weighted by Crippen LogP contribution is -2.88. The maximum absolute atomic E-state index is 12.6. The van der Waals surface area contributed by atoms with Crippen LogP contribution in [0.3, 0.4) is 0 Å². The van der Waals surface area contributed by atoms with Gasteiger partial charge in [-0.3, -0.25) is 10.1 Å². The number of carbonyl (C=O) groups is 2. The first kappa shape index (κ1) is 19.3. The molecule has 5 N–H and O–H groups in total. The molecule has 1 atom stereocenters. The van der Waals surface area contributed by atoms with Crippen molar-refractivity contribution in [3.63, 3.8) is 0 Å². The molecular weight excluding hydrogens is 350 g/mol. The van der Waals surface area contributed by atoms with E-state index in [-0.39, 0.29) is 5.92 Å². The Bertz CT molecular complexity index is 859. The summed E-state index contributed by atoms with van der Waals surface area (Å²) in [6, 6.07) is 28.4. The first-order valence-corrected chi connectivity index (χ1v) is 9.23. The number of carbonyl (C=O) groups excluding carboxylic acids is 2. The molecule has 0 saturated heterocycles. The SMILES string of the molecule is NC(=O)NC(=O)[C@@H]([NH2+]CC(c1ccccc1)c1ccccc1)c1ccccc1. The Labute approximate surface area is 164 Å². The van der Waals surface area contributed by atoms with Crippen molar-refractivity contribution in [2.45, 2.75) is 12.0 Å². The number of nitrogens with two attached hydrogens (primary N) is 2. The van der Waals surface area contributed by atoms with Gasteiger partial charge in [0.05, 0.1) is 12.5 Å². The van der Waals surface area contributed by atoms with Gasteiger partial charge in [-0.15, -0.1) is 0 Å². The van der Waals surface area contributed by atoms with E-state index in [9.17, 15) is 9.59 Å². The van der Waals surface area contributed by atoms with Gasteiger partial charge in [-0.2, -0.15) is 0 Å². The van der Waals surface area contributed by atoms with Crippen molar-refractivity contribution in [3.05, 3.63) is 108 Å². The summed E-state index contributed by atoms with van der Waals surface area (Å²) in [5, 5.41) is 4.17. The first-order valence-electron chi connectivity index (χ1n) is 9.23. The molecular formula is C23H24N3O2+. The maximum Gasteiger partial charge on any atom is 0.319 e. The predicted octanol–water partition coefficient (Wildman–Crippen LogP) is 2.32. The standard InChI is InChI=1S/C23H23N3O2/c24-23(28)26-22(27)21(19-14-8-3-9-15-19)25-16-20(17-10-4-1-5-11-17)18-12-6-2-7-13-18/h1-15,20-21,25H,16H2,(H3,24,26,27,28)/p+1/t21-/m0/s1. The number of benzene rings is 3. The highest BCUT2D eigenvalue weighted by Crippen LogP contribution is 2.23. The summed E-state index contributed by atoms with van der Waals surface area (Å²) in [5.74, 6) is -0.312. The van der Waals surface area contributed by atoms with Gasteiger partial charge in [0.1, 0.15) is 0 Å². The molecule has 3 aromatic rings. The molecule has 3 amide bonds. The molecule has 0 unspecified atom stereocenters. The molecule has 3 rings (SSSR count). The van der Waals surface area contributed by atoms with E-state index >= 15 is 0 Å². The number of amides is 3. The summed E-state index contributed by atoms with van der Waals surface area (Å²) in [7, 11) is 0. The molecule has 0 aromatic heterocycles. The quantitative estimate of drug-likeness (QED) is 0.592.